The molecule has 0 radical (unpaired) electrons. The van der Waals surface area contributed by atoms with Crippen molar-refractivity contribution in [3.8, 4) is 0 Å². The van der Waals surface area contributed by atoms with Crippen molar-refractivity contribution < 1.29 is 0 Å². The summed E-state index contributed by atoms with van der Waals surface area (Å²) in [5.74, 6) is 3.23. The molecular weight excluding hydrogens is 234 g/mol. The first-order valence-corrected chi connectivity index (χ1v) is 7.88. The lowest BCUT2D eigenvalue weighted by molar-refractivity contribution is 0.815. The second kappa shape index (κ2) is 5.99. The van der Waals surface area contributed by atoms with Gasteiger partial charge >= 0.3 is 0 Å². The molecule has 1 aromatic rings. The van der Waals surface area contributed by atoms with E-state index in [2.05, 4.69) is 43.0 Å². The Kier molecular flexibility index (Phi) is 4.62. The van der Waals surface area contributed by atoms with E-state index >= 15 is 0 Å². The van der Waals surface area contributed by atoms with Gasteiger partial charge < -0.3 is 5.73 Å². The zero-order chi connectivity index (χ0) is 11.4. The van der Waals surface area contributed by atoms with Crippen LogP contribution in [0, 0.1) is 0 Å². The number of rotatable bonds is 5. The maximum absolute atomic E-state index is 5.57. The molecule has 2 rings (SSSR count). The first-order valence-electron chi connectivity index (χ1n) is 5.84. The highest BCUT2D eigenvalue weighted by molar-refractivity contribution is 8.00. The van der Waals surface area contributed by atoms with Crippen LogP contribution in [-0.2, 0) is 0 Å². The Balaban J connectivity index is 1.88. The first-order chi connectivity index (χ1) is 7.81. The lowest BCUT2D eigenvalue weighted by Crippen LogP contribution is -2.10. The van der Waals surface area contributed by atoms with Crippen LogP contribution in [0.2, 0.25) is 0 Å². The second-order valence-electron chi connectivity index (χ2n) is 4.27. The highest BCUT2D eigenvalue weighted by Crippen LogP contribution is 2.41. The van der Waals surface area contributed by atoms with Crippen LogP contribution in [0.25, 0.3) is 0 Å². The first kappa shape index (κ1) is 12.3. The highest BCUT2D eigenvalue weighted by Gasteiger charge is 2.22. The van der Waals surface area contributed by atoms with Gasteiger partial charge in [-0.25, -0.2) is 0 Å². The molecule has 0 aliphatic carbocycles. The predicted molar refractivity (Wildman–Crippen MR) is 75.5 cm³/mol. The minimum absolute atomic E-state index is 0.697. The molecule has 0 amide bonds. The molecule has 88 valence electrons. The summed E-state index contributed by atoms with van der Waals surface area (Å²) in [6.45, 7) is 3.09. The Morgan fingerprint density at radius 2 is 2.31 bits per heavy atom. The largest absolute Gasteiger partial charge is 0.330 e. The van der Waals surface area contributed by atoms with E-state index in [9.17, 15) is 0 Å². The zero-order valence-electron chi connectivity index (χ0n) is 9.69. The molecule has 2 N–H and O–H groups in total. The second-order valence-corrected chi connectivity index (χ2v) is 6.80. The molecule has 1 aliphatic rings. The van der Waals surface area contributed by atoms with Gasteiger partial charge in [-0.15, -0.1) is 11.8 Å². The lowest BCUT2D eigenvalue weighted by Gasteiger charge is -2.14. The van der Waals surface area contributed by atoms with Crippen molar-refractivity contribution in [2.24, 2.45) is 5.73 Å². The van der Waals surface area contributed by atoms with E-state index in [0.717, 1.165) is 18.9 Å². The summed E-state index contributed by atoms with van der Waals surface area (Å²) in [7, 11) is 0. The molecule has 1 heterocycles. The fourth-order valence-corrected chi connectivity index (χ4v) is 4.53. The van der Waals surface area contributed by atoms with Crippen molar-refractivity contribution in [3.05, 3.63) is 29.8 Å². The minimum Gasteiger partial charge on any atom is -0.330 e. The molecule has 0 saturated heterocycles. The minimum atomic E-state index is 0.697. The van der Waals surface area contributed by atoms with E-state index in [1.165, 1.54) is 16.4 Å². The number of hydrogen-bond acceptors (Lipinski definition) is 3. The van der Waals surface area contributed by atoms with Gasteiger partial charge in [0.25, 0.3) is 0 Å². The van der Waals surface area contributed by atoms with Crippen LogP contribution in [0.4, 0.5) is 0 Å². The van der Waals surface area contributed by atoms with Crippen molar-refractivity contribution in [3.63, 3.8) is 0 Å². The van der Waals surface area contributed by atoms with Crippen LogP contribution in [0.3, 0.4) is 0 Å². The van der Waals surface area contributed by atoms with Crippen molar-refractivity contribution in [1.82, 2.24) is 0 Å². The molecule has 0 bridgehead atoms. The molecule has 0 spiro atoms. The Morgan fingerprint density at radius 3 is 3.12 bits per heavy atom. The Hall–Kier alpha value is -0.120. The topological polar surface area (TPSA) is 26.0 Å². The number of thioether (sulfide) groups is 2. The molecule has 0 saturated carbocycles. The molecule has 1 aromatic carbocycles. The van der Waals surface area contributed by atoms with Gasteiger partial charge in [-0.2, -0.15) is 11.8 Å². The molecule has 0 aromatic heterocycles. The van der Waals surface area contributed by atoms with Crippen molar-refractivity contribution >= 4 is 23.5 Å². The number of hydrogen-bond donors (Lipinski definition) is 1. The fraction of sp³-hybridized carbons (Fsp3) is 0.538. The molecular formula is C13H19NS2. The third kappa shape index (κ3) is 2.96. The van der Waals surface area contributed by atoms with Gasteiger partial charge in [-0.1, -0.05) is 25.1 Å². The maximum Gasteiger partial charge on any atom is 0.0108 e. The van der Waals surface area contributed by atoms with Crippen molar-refractivity contribution in [2.45, 2.75) is 29.4 Å². The van der Waals surface area contributed by atoms with Crippen LogP contribution in [0.15, 0.2) is 29.2 Å². The fourth-order valence-electron chi connectivity index (χ4n) is 1.97. The van der Waals surface area contributed by atoms with Crippen LogP contribution >= 0.6 is 23.5 Å². The summed E-state index contributed by atoms with van der Waals surface area (Å²) in [6, 6.07) is 8.83. The quantitative estimate of drug-likeness (QED) is 0.871. The number of nitrogens with two attached hydrogens (primary N) is 1. The Morgan fingerprint density at radius 1 is 1.50 bits per heavy atom. The zero-order valence-corrected chi connectivity index (χ0v) is 11.3. The molecule has 3 heteroatoms. The predicted octanol–water partition coefficient (Wildman–Crippen LogP) is 3.35. The highest BCUT2D eigenvalue weighted by atomic mass is 32.2. The van der Waals surface area contributed by atoms with E-state index in [1.807, 2.05) is 11.8 Å². The third-order valence-corrected chi connectivity index (χ3v) is 5.61. The summed E-state index contributed by atoms with van der Waals surface area (Å²) in [4.78, 5) is 1.49. The summed E-state index contributed by atoms with van der Waals surface area (Å²) < 4.78 is 0. The average molecular weight is 253 g/mol. The van der Waals surface area contributed by atoms with E-state index < -0.39 is 0 Å². The summed E-state index contributed by atoms with van der Waals surface area (Å²) >= 11 is 4.07. The van der Waals surface area contributed by atoms with E-state index in [4.69, 9.17) is 5.73 Å². The smallest absolute Gasteiger partial charge is 0.0108 e. The van der Waals surface area contributed by atoms with Gasteiger partial charge in [0.15, 0.2) is 0 Å². The average Bonchev–Trinajstić information content (AvgIpc) is 2.70. The summed E-state index contributed by atoms with van der Waals surface area (Å²) in [5, 5.41) is 0.697. The standard InChI is InChI=1S/C13H19NS2/c1-10(6-7-14)15-8-11-9-16-13-5-3-2-4-12(11)13/h2-5,10-11H,6-9,14H2,1H3. The SMILES string of the molecule is CC(CCN)SCC1CSc2ccccc21. The third-order valence-electron chi connectivity index (χ3n) is 2.95. The van der Waals surface area contributed by atoms with Crippen LogP contribution in [0.1, 0.15) is 24.8 Å². The molecule has 1 nitrogen and oxygen atoms in total. The van der Waals surface area contributed by atoms with Gasteiger partial charge in [0.05, 0.1) is 0 Å². The molecule has 1 aliphatic heterocycles. The summed E-state index contributed by atoms with van der Waals surface area (Å²) in [6.07, 6.45) is 1.13. The molecule has 2 unspecified atom stereocenters. The van der Waals surface area contributed by atoms with E-state index in [1.54, 1.807) is 5.56 Å². The lowest BCUT2D eigenvalue weighted by atomic mass is 10.0. The van der Waals surface area contributed by atoms with Gasteiger partial charge in [0.2, 0.25) is 0 Å². The Labute approximate surface area is 107 Å². The maximum atomic E-state index is 5.57. The molecule has 0 fully saturated rings. The Bertz CT molecular complexity index is 340. The normalized spacial score (nSPS) is 20.8. The number of benzene rings is 1. The van der Waals surface area contributed by atoms with Crippen LogP contribution in [0.5, 0.6) is 0 Å². The van der Waals surface area contributed by atoms with E-state index in [-0.39, 0.29) is 0 Å². The monoisotopic (exact) mass is 253 g/mol. The van der Waals surface area contributed by atoms with Gasteiger partial charge in [-0.3, -0.25) is 0 Å². The van der Waals surface area contributed by atoms with Gasteiger partial charge in [0, 0.05) is 27.6 Å². The van der Waals surface area contributed by atoms with Gasteiger partial charge in [-0.05, 0) is 24.6 Å². The van der Waals surface area contributed by atoms with E-state index in [0.29, 0.717) is 5.25 Å². The summed E-state index contributed by atoms with van der Waals surface area (Å²) in [5.41, 5.74) is 7.13. The molecule has 16 heavy (non-hydrogen) atoms. The molecule has 2 atom stereocenters. The van der Waals surface area contributed by atoms with Crippen molar-refractivity contribution in [2.75, 3.05) is 18.1 Å². The van der Waals surface area contributed by atoms with Crippen LogP contribution < -0.4 is 5.73 Å². The van der Waals surface area contributed by atoms with Crippen molar-refractivity contribution in [1.29, 1.82) is 0 Å². The number of fused-ring (bicyclic) bond motifs is 1. The van der Waals surface area contributed by atoms with Gasteiger partial charge in [0.1, 0.15) is 0 Å². The van der Waals surface area contributed by atoms with Crippen LogP contribution in [-0.4, -0.2) is 23.3 Å².